The molecule has 246 valence electrons. The number of carbonyl (C=O) groups excluding carboxylic acids is 2. The van der Waals surface area contributed by atoms with Crippen LogP contribution in [-0.2, 0) is 32.6 Å². The molecule has 0 heterocycles. The molecule has 0 spiro atoms. The monoisotopic (exact) mass is 691 g/mol. The molecule has 1 fully saturated rings. The first-order chi connectivity index (χ1) is 22.5. The van der Waals surface area contributed by atoms with Crippen molar-refractivity contribution in [3.05, 3.63) is 129 Å². The zero-order chi connectivity index (χ0) is 33.6. The molecule has 47 heavy (non-hydrogen) atoms. The van der Waals surface area contributed by atoms with Crippen LogP contribution in [0.15, 0.2) is 102 Å². The molecule has 1 atom stereocenters. The molecule has 0 saturated heterocycles. The maximum absolute atomic E-state index is 14.6. The van der Waals surface area contributed by atoms with Crippen LogP contribution in [0.5, 0.6) is 0 Å². The van der Waals surface area contributed by atoms with E-state index in [1.165, 1.54) is 29.2 Å². The van der Waals surface area contributed by atoms with Crippen molar-refractivity contribution in [3.63, 3.8) is 0 Å². The van der Waals surface area contributed by atoms with Gasteiger partial charge in [-0.25, -0.2) is 8.42 Å². The molecule has 10 heteroatoms. The number of benzene rings is 4. The Morgan fingerprint density at radius 3 is 2.04 bits per heavy atom. The van der Waals surface area contributed by atoms with Crippen molar-refractivity contribution < 1.29 is 18.0 Å². The van der Waals surface area contributed by atoms with E-state index in [-0.39, 0.29) is 29.8 Å². The number of rotatable bonds is 12. The van der Waals surface area contributed by atoms with Crippen molar-refractivity contribution in [2.75, 3.05) is 10.8 Å². The van der Waals surface area contributed by atoms with Crippen molar-refractivity contribution in [2.45, 2.75) is 69.5 Å². The van der Waals surface area contributed by atoms with Crippen LogP contribution in [0.1, 0.15) is 47.9 Å². The van der Waals surface area contributed by atoms with Gasteiger partial charge in [-0.1, -0.05) is 84.6 Å². The summed E-state index contributed by atoms with van der Waals surface area (Å²) in [4.78, 5) is 30.3. The zero-order valence-corrected chi connectivity index (χ0v) is 28.9. The number of sulfonamides is 1. The van der Waals surface area contributed by atoms with Gasteiger partial charge in [0.25, 0.3) is 10.0 Å². The Kier molecular flexibility index (Phi) is 11.3. The number of carbonyl (C=O) groups is 2. The van der Waals surface area contributed by atoms with Gasteiger partial charge in [-0.15, -0.1) is 0 Å². The smallest absolute Gasteiger partial charge is 0.264 e. The fraction of sp³-hybridized carbons (Fsp3) is 0.297. The van der Waals surface area contributed by atoms with Gasteiger partial charge in [-0.05, 0) is 97.5 Å². The van der Waals surface area contributed by atoms with Gasteiger partial charge in [0, 0.05) is 29.1 Å². The predicted octanol–water partition coefficient (Wildman–Crippen LogP) is 7.50. The molecule has 2 amide bonds. The zero-order valence-electron chi connectivity index (χ0n) is 26.5. The first kappa shape index (κ1) is 34.5. The van der Waals surface area contributed by atoms with E-state index in [2.05, 4.69) is 5.32 Å². The third-order valence-corrected chi connectivity index (χ3v) is 11.0. The summed E-state index contributed by atoms with van der Waals surface area (Å²) in [6.07, 6.45) is 4.10. The molecule has 4 aromatic rings. The number of hydrogen-bond donors (Lipinski definition) is 1. The Morgan fingerprint density at radius 2 is 1.43 bits per heavy atom. The van der Waals surface area contributed by atoms with Crippen molar-refractivity contribution in [1.29, 1.82) is 0 Å². The minimum absolute atomic E-state index is 0.00279. The summed E-state index contributed by atoms with van der Waals surface area (Å²) in [6.45, 7) is 3.38. The second kappa shape index (κ2) is 15.4. The molecule has 0 aliphatic heterocycles. The van der Waals surface area contributed by atoms with Gasteiger partial charge in [0.2, 0.25) is 11.8 Å². The fourth-order valence-electron chi connectivity index (χ4n) is 5.85. The highest BCUT2D eigenvalue weighted by Gasteiger charge is 2.35. The largest absolute Gasteiger partial charge is 0.352 e. The van der Waals surface area contributed by atoms with E-state index in [9.17, 15) is 18.0 Å². The van der Waals surface area contributed by atoms with Gasteiger partial charge in [0.1, 0.15) is 12.6 Å². The first-order valence-electron chi connectivity index (χ1n) is 15.7. The maximum Gasteiger partial charge on any atom is 0.264 e. The van der Waals surface area contributed by atoms with E-state index in [1.54, 1.807) is 24.3 Å². The molecular weight excluding hydrogens is 653 g/mol. The van der Waals surface area contributed by atoms with Gasteiger partial charge in [-0.3, -0.25) is 13.9 Å². The minimum atomic E-state index is -4.22. The van der Waals surface area contributed by atoms with E-state index >= 15 is 0 Å². The van der Waals surface area contributed by atoms with Crippen LogP contribution in [0, 0.1) is 13.8 Å². The lowest BCUT2D eigenvalue weighted by atomic mass is 10.0. The molecular formula is C37H39Cl2N3O4S. The number of amides is 2. The quantitative estimate of drug-likeness (QED) is 0.167. The van der Waals surface area contributed by atoms with E-state index in [0.717, 1.165) is 52.2 Å². The molecule has 1 N–H and O–H groups in total. The van der Waals surface area contributed by atoms with Crippen LogP contribution >= 0.6 is 23.2 Å². The number of aryl methyl sites for hydroxylation is 2. The average molecular weight is 693 g/mol. The van der Waals surface area contributed by atoms with E-state index < -0.39 is 28.5 Å². The summed E-state index contributed by atoms with van der Waals surface area (Å²) in [6, 6.07) is 26.9. The van der Waals surface area contributed by atoms with E-state index in [4.69, 9.17) is 23.2 Å². The molecule has 0 unspecified atom stereocenters. The molecule has 1 saturated carbocycles. The molecule has 4 aromatic carbocycles. The highest BCUT2D eigenvalue weighted by Crippen LogP contribution is 2.28. The summed E-state index contributed by atoms with van der Waals surface area (Å²) in [5, 5.41) is 4.13. The Balaban J connectivity index is 1.57. The van der Waals surface area contributed by atoms with Crippen molar-refractivity contribution in [2.24, 2.45) is 0 Å². The van der Waals surface area contributed by atoms with Crippen LogP contribution < -0.4 is 9.62 Å². The summed E-state index contributed by atoms with van der Waals surface area (Å²) in [5.74, 6) is -0.778. The predicted molar refractivity (Wildman–Crippen MR) is 188 cm³/mol. The second-order valence-corrected chi connectivity index (χ2v) is 14.8. The van der Waals surface area contributed by atoms with Crippen LogP contribution in [0.4, 0.5) is 5.69 Å². The number of nitrogens with one attached hydrogen (secondary N) is 1. The van der Waals surface area contributed by atoms with Crippen molar-refractivity contribution in [3.8, 4) is 0 Å². The summed E-state index contributed by atoms with van der Waals surface area (Å²) >= 11 is 12.3. The SMILES string of the molecule is Cc1ccc(N(CC(=O)N(Cc2ccc(Cl)cc2)[C@H](Cc2ccccc2)C(=O)NC2CCCC2)S(=O)(=O)c2ccc(Cl)cc2)cc1C. The second-order valence-electron chi connectivity index (χ2n) is 12.1. The summed E-state index contributed by atoms with van der Waals surface area (Å²) in [5.41, 5.74) is 3.85. The lowest BCUT2D eigenvalue weighted by Gasteiger charge is -2.34. The van der Waals surface area contributed by atoms with Gasteiger partial charge < -0.3 is 10.2 Å². The topological polar surface area (TPSA) is 86.8 Å². The van der Waals surface area contributed by atoms with Crippen LogP contribution in [-0.4, -0.2) is 43.8 Å². The average Bonchev–Trinajstić information content (AvgIpc) is 3.57. The minimum Gasteiger partial charge on any atom is -0.352 e. The van der Waals surface area contributed by atoms with Gasteiger partial charge in [-0.2, -0.15) is 0 Å². The molecule has 1 aliphatic rings. The maximum atomic E-state index is 14.6. The van der Waals surface area contributed by atoms with Gasteiger partial charge >= 0.3 is 0 Å². The van der Waals surface area contributed by atoms with E-state index in [1.807, 2.05) is 62.4 Å². The lowest BCUT2D eigenvalue weighted by Crippen LogP contribution is -2.54. The van der Waals surface area contributed by atoms with Crippen molar-refractivity contribution >= 4 is 50.7 Å². The first-order valence-corrected chi connectivity index (χ1v) is 17.9. The Hall–Kier alpha value is -3.85. The Labute approximate surface area is 287 Å². The van der Waals surface area contributed by atoms with Gasteiger partial charge in [0.15, 0.2) is 0 Å². The third-order valence-electron chi connectivity index (χ3n) is 8.70. The highest BCUT2D eigenvalue weighted by atomic mass is 35.5. The normalized spacial score (nSPS) is 14.0. The molecule has 0 aromatic heterocycles. The molecule has 7 nitrogen and oxygen atoms in total. The molecule has 1 aliphatic carbocycles. The van der Waals surface area contributed by atoms with Crippen LogP contribution in [0.2, 0.25) is 10.0 Å². The molecule has 5 rings (SSSR count). The number of hydrogen-bond acceptors (Lipinski definition) is 4. The summed E-state index contributed by atoms with van der Waals surface area (Å²) < 4.78 is 29.6. The lowest BCUT2D eigenvalue weighted by molar-refractivity contribution is -0.140. The van der Waals surface area contributed by atoms with Gasteiger partial charge in [0.05, 0.1) is 10.6 Å². The summed E-state index contributed by atoms with van der Waals surface area (Å²) in [7, 11) is -4.22. The number of anilines is 1. The number of nitrogens with zero attached hydrogens (tertiary/aromatic N) is 2. The molecule has 0 bridgehead atoms. The number of halogens is 2. The van der Waals surface area contributed by atoms with E-state index in [0.29, 0.717) is 15.7 Å². The van der Waals surface area contributed by atoms with Crippen LogP contribution in [0.25, 0.3) is 0 Å². The third kappa shape index (κ3) is 8.74. The van der Waals surface area contributed by atoms with Crippen molar-refractivity contribution in [1.82, 2.24) is 10.2 Å². The fourth-order valence-corrected chi connectivity index (χ4v) is 7.51. The Morgan fingerprint density at radius 1 is 0.809 bits per heavy atom. The van der Waals surface area contributed by atoms with Crippen LogP contribution in [0.3, 0.4) is 0 Å². The highest BCUT2D eigenvalue weighted by molar-refractivity contribution is 7.92. The molecule has 0 radical (unpaired) electrons. The Bertz CT molecular complexity index is 1790. The standard InChI is InChI=1S/C37H39Cl2N3O4S/c1-26-12-19-33(22-27(26)2)42(47(45,46)34-20-17-31(39)18-21-34)25-36(43)41(24-29-13-15-30(38)16-14-29)35(23-28-8-4-3-5-9-28)37(44)40-32-10-6-7-11-32/h3-5,8-9,12-22,32,35H,6-7,10-11,23-25H2,1-2H3,(H,40,44)/t35-/m1/s1.